The van der Waals surface area contributed by atoms with Gasteiger partial charge in [-0.15, -0.1) is 0 Å². The van der Waals surface area contributed by atoms with Crippen LogP contribution in [0.1, 0.15) is 36.5 Å². The van der Waals surface area contributed by atoms with E-state index < -0.39 is 0 Å². The zero-order valence-corrected chi connectivity index (χ0v) is 11.8. The number of rotatable bonds is 6. The molecule has 1 N–H and O–H groups in total. The van der Waals surface area contributed by atoms with E-state index in [2.05, 4.69) is 5.32 Å². The summed E-state index contributed by atoms with van der Waals surface area (Å²) in [7, 11) is 0. The highest BCUT2D eigenvalue weighted by molar-refractivity contribution is 5.89. The molecule has 2 rings (SSSR count). The molecule has 108 valence electrons. The molecule has 0 spiro atoms. The van der Waals surface area contributed by atoms with Crippen LogP contribution in [0.25, 0.3) is 0 Å². The van der Waals surface area contributed by atoms with E-state index in [-0.39, 0.29) is 12.1 Å². The SMILES string of the molecule is CCCOC(=O)c1ccc(NCC2CCC=CO2)cc1. The molecule has 0 radical (unpaired) electrons. The first-order chi connectivity index (χ1) is 9.79. The molecule has 1 heterocycles. The van der Waals surface area contributed by atoms with Crippen molar-refractivity contribution in [2.45, 2.75) is 32.3 Å². The van der Waals surface area contributed by atoms with Gasteiger partial charge < -0.3 is 14.8 Å². The van der Waals surface area contributed by atoms with Gasteiger partial charge in [-0.05, 0) is 49.6 Å². The van der Waals surface area contributed by atoms with Gasteiger partial charge in [-0.2, -0.15) is 0 Å². The van der Waals surface area contributed by atoms with Crippen LogP contribution in [-0.4, -0.2) is 25.2 Å². The van der Waals surface area contributed by atoms with Crippen molar-refractivity contribution in [1.29, 1.82) is 0 Å². The van der Waals surface area contributed by atoms with E-state index in [4.69, 9.17) is 9.47 Å². The number of carbonyl (C=O) groups is 1. The molecule has 1 aliphatic heterocycles. The molecule has 0 bridgehead atoms. The van der Waals surface area contributed by atoms with Gasteiger partial charge in [0.15, 0.2) is 0 Å². The smallest absolute Gasteiger partial charge is 0.338 e. The molecule has 1 unspecified atom stereocenters. The average Bonchev–Trinajstić information content (AvgIpc) is 2.52. The number of anilines is 1. The lowest BCUT2D eigenvalue weighted by Gasteiger charge is -2.20. The summed E-state index contributed by atoms with van der Waals surface area (Å²) in [6, 6.07) is 7.34. The summed E-state index contributed by atoms with van der Waals surface area (Å²) in [4.78, 5) is 11.6. The molecule has 1 aliphatic rings. The van der Waals surface area contributed by atoms with Crippen molar-refractivity contribution < 1.29 is 14.3 Å². The van der Waals surface area contributed by atoms with Crippen molar-refractivity contribution in [3.63, 3.8) is 0 Å². The molecular formula is C16H21NO3. The number of allylic oxidation sites excluding steroid dienone is 1. The molecule has 0 aromatic heterocycles. The van der Waals surface area contributed by atoms with Gasteiger partial charge in [0, 0.05) is 5.69 Å². The third-order valence-electron chi connectivity index (χ3n) is 3.11. The Morgan fingerprint density at radius 1 is 1.40 bits per heavy atom. The van der Waals surface area contributed by atoms with Crippen LogP contribution in [0.4, 0.5) is 5.69 Å². The highest BCUT2D eigenvalue weighted by Gasteiger charge is 2.11. The number of benzene rings is 1. The number of nitrogens with one attached hydrogen (secondary N) is 1. The van der Waals surface area contributed by atoms with E-state index in [1.807, 2.05) is 25.1 Å². The first-order valence-corrected chi connectivity index (χ1v) is 7.11. The fourth-order valence-electron chi connectivity index (χ4n) is 1.97. The number of hydrogen-bond donors (Lipinski definition) is 1. The van der Waals surface area contributed by atoms with Crippen molar-refractivity contribution in [2.24, 2.45) is 0 Å². The van der Waals surface area contributed by atoms with Crippen molar-refractivity contribution in [1.82, 2.24) is 0 Å². The predicted molar refractivity (Wildman–Crippen MR) is 78.8 cm³/mol. The zero-order chi connectivity index (χ0) is 14.2. The summed E-state index contributed by atoms with van der Waals surface area (Å²) >= 11 is 0. The van der Waals surface area contributed by atoms with E-state index in [1.54, 1.807) is 18.4 Å². The van der Waals surface area contributed by atoms with Crippen molar-refractivity contribution in [3.05, 3.63) is 42.2 Å². The van der Waals surface area contributed by atoms with Gasteiger partial charge in [0.05, 0.1) is 25.0 Å². The number of esters is 1. The quantitative estimate of drug-likeness (QED) is 0.809. The van der Waals surface area contributed by atoms with Crippen LogP contribution in [0, 0.1) is 0 Å². The summed E-state index contributed by atoms with van der Waals surface area (Å²) in [6.07, 6.45) is 6.95. The molecule has 20 heavy (non-hydrogen) atoms. The Morgan fingerprint density at radius 3 is 2.85 bits per heavy atom. The summed E-state index contributed by atoms with van der Waals surface area (Å²) in [5, 5.41) is 3.31. The first-order valence-electron chi connectivity index (χ1n) is 7.11. The van der Waals surface area contributed by atoms with Crippen LogP contribution in [0.5, 0.6) is 0 Å². The largest absolute Gasteiger partial charge is 0.497 e. The average molecular weight is 275 g/mol. The van der Waals surface area contributed by atoms with Gasteiger partial charge in [-0.1, -0.05) is 6.92 Å². The van der Waals surface area contributed by atoms with Crippen molar-refractivity contribution >= 4 is 11.7 Å². The maximum Gasteiger partial charge on any atom is 0.338 e. The molecule has 4 nitrogen and oxygen atoms in total. The normalized spacial score (nSPS) is 17.4. The Morgan fingerprint density at radius 2 is 2.20 bits per heavy atom. The highest BCUT2D eigenvalue weighted by Crippen LogP contribution is 2.14. The molecule has 0 saturated heterocycles. The summed E-state index contributed by atoms with van der Waals surface area (Å²) in [6.45, 7) is 3.21. The maximum absolute atomic E-state index is 11.6. The van der Waals surface area contributed by atoms with Gasteiger partial charge in [0.25, 0.3) is 0 Å². The van der Waals surface area contributed by atoms with Crippen LogP contribution in [0.2, 0.25) is 0 Å². The molecule has 4 heteroatoms. The summed E-state index contributed by atoms with van der Waals surface area (Å²) in [5.74, 6) is -0.265. The minimum absolute atomic E-state index is 0.217. The molecule has 0 amide bonds. The van der Waals surface area contributed by atoms with Gasteiger partial charge in [0.1, 0.15) is 6.10 Å². The minimum atomic E-state index is -0.265. The van der Waals surface area contributed by atoms with Crippen molar-refractivity contribution in [2.75, 3.05) is 18.5 Å². The molecule has 1 aromatic rings. The molecule has 1 atom stereocenters. The van der Waals surface area contributed by atoms with E-state index in [9.17, 15) is 4.79 Å². The topological polar surface area (TPSA) is 47.6 Å². The molecule has 0 aliphatic carbocycles. The van der Waals surface area contributed by atoms with E-state index >= 15 is 0 Å². The number of carbonyl (C=O) groups excluding carboxylic acids is 1. The van der Waals surface area contributed by atoms with Gasteiger partial charge in [-0.3, -0.25) is 0 Å². The second-order valence-electron chi connectivity index (χ2n) is 4.80. The zero-order valence-electron chi connectivity index (χ0n) is 11.8. The molecule has 0 saturated carbocycles. The van der Waals surface area contributed by atoms with Crippen LogP contribution in [-0.2, 0) is 9.47 Å². The summed E-state index contributed by atoms with van der Waals surface area (Å²) < 4.78 is 10.6. The number of ether oxygens (including phenoxy) is 2. The van der Waals surface area contributed by atoms with Crippen LogP contribution >= 0.6 is 0 Å². The lowest BCUT2D eigenvalue weighted by molar-refractivity contribution is 0.0505. The van der Waals surface area contributed by atoms with E-state index in [0.29, 0.717) is 12.2 Å². The Kier molecular flexibility index (Phi) is 5.47. The third-order valence-corrected chi connectivity index (χ3v) is 3.11. The van der Waals surface area contributed by atoms with Crippen LogP contribution < -0.4 is 5.32 Å². The molecule has 1 aromatic carbocycles. The second kappa shape index (κ2) is 7.58. The van der Waals surface area contributed by atoms with Gasteiger partial charge >= 0.3 is 5.97 Å². The Hall–Kier alpha value is -1.97. The predicted octanol–water partition coefficient (Wildman–Crippen LogP) is 3.36. The Labute approximate surface area is 119 Å². The number of hydrogen-bond acceptors (Lipinski definition) is 4. The first kappa shape index (κ1) is 14.4. The molecule has 0 fully saturated rings. The van der Waals surface area contributed by atoms with E-state index in [1.165, 1.54) is 0 Å². The van der Waals surface area contributed by atoms with Gasteiger partial charge in [0.2, 0.25) is 0 Å². The minimum Gasteiger partial charge on any atom is -0.497 e. The fourth-order valence-corrected chi connectivity index (χ4v) is 1.97. The van der Waals surface area contributed by atoms with Crippen LogP contribution in [0.3, 0.4) is 0 Å². The van der Waals surface area contributed by atoms with E-state index in [0.717, 1.165) is 31.5 Å². The maximum atomic E-state index is 11.6. The lowest BCUT2D eigenvalue weighted by Crippen LogP contribution is -2.22. The standard InChI is InChI=1S/C16H21NO3/c1-2-10-20-16(18)13-6-8-14(9-7-13)17-12-15-5-3-4-11-19-15/h4,6-9,11,15,17H,2-3,5,10,12H2,1H3. The highest BCUT2D eigenvalue weighted by atomic mass is 16.5. The Bertz CT molecular complexity index is 453. The fraction of sp³-hybridized carbons (Fsp3) is 0.438. The third kappa shape index (κ3) is 4.30. The second-order valence-corrected chi connectivity index (χ2v) is 4.80. The van der Waals surface area contributed by atoms with Crippen molar-refractivity contribution in [3.8, 4) is 0 Å². The summed E-state index contributed by atoms with van der Waals surface area (Å²) in [5.41, 5.74) is 1.57. The van der Waals surface area contributed by atoms with Gasteiger partial charge in [-0.25, -0.2) is 4.79 Å². The monoisotopic (exact) mass is 275 g/mol. The molecular weight excluding hydrogens is 254 g/mol. The Balaban J connectivity index is 1.81. The lowest BCUT2D eigenvalue weighted by atomic mass is 10.1. The van der Waals surface area contributed by atoms with Crippen LogP contribution in [0.15, 0.2) is 36.6 Å².